The molecule has 5 N–H and O–H groups in total. The van der Waals surface area contributed by atoms with Crippen LogP contribution in [0.25, 0.3) is 0 Å². The molecular weight excluding hydrogens is 258 g/mol. The lowest BCUT2D eigenvalue weighted by Crippen LogP contribution is -2.47. The maximum Gasteiger partial charge on any atom is 0.326 e. The van der Waals surface area contributed by atoms with Gasteiger partial charge in [0.05, 0.1) is 0 Å². The number of carbonyl (C=O) groups excluding carboxylic acids is 1. The average Bonchev–Trinajstić information content (AvgIpc) is 2.42. The van der Waals surface area contributed by atoms with Gasteiger partial charge in [-0.1, -0.05) is 30.3 Å². The van der Waals surface area contributed by atoms with E-state index >= 15 is 0 Å². The molecule has 1 unspecified atom stereocenters. The topological polar surface area (TPSA) is 110 Å². The van der Waals surface area contributed by atoms with Gasteiger partial charge >= 0.3 is 12.0 Å². The summed E-state index contributed by atoms with van der Waals surface area (Å²) in [6.07, 6.45) is 1.72. The van der Waals surface area contributed by atoms with E-state index in [0.717, 1.165) is 12.0 Å². The molecule has 1 aromatic carbocycles. The number of benzene rings is 1. The van der Waals surface area contributed by atoms with Crippen LogP contribution in [0.2, 0.25) is 0 Å². The molecule has 0 bridgehead atoms. The van der Waals surface area contributed by atoms with E-state index in [2.05, 4.69) is 0 Å². The molecular formula is C14H21N3O3. The van der Waals surface area contributed by atoms with Crippen LogP contribution >= 0.6 is 0 Å². The Kier molecular flexibility index (Phi) is 6.52. The third kappa shape index (κ3) is 4.89. The summed E-state index contributed by atoms with van der Waals surface area (Å²) in [4.78, 5) is 24.1. The van der Waals surface area contributed by atoms with Gasteiger partial charge in [0.15, 0.2) is 0 Å². The van der Waals surface area contributed by atoms with Crippen molar-refractivity contribution < 1.29 is 14.7 Å². The van der Waals surface area contributed by atoms with Crippen molar-refractivity contribution in [3.05, 3.63) is 35.9 Å². The molecule has 0 fully saturated rings. The predicted molar refractivity (Wildman–Crippen MR) is 75.9 cm³/mol. The van der Waals surface area contributed by atoms with Crippen molar-refractivity contribution in [1.82, 2.24) is 4.90 Å². The fraction of sp³-hybridized carbons (Fsp3) is 0.429. The first-order chi connectivity index (χ1) is 9.56. The number of amides is 2. The third-order valence-corrected chi connectivity index (χ3v) is 3.07. The Hall–Kier alpha value is -2.08. The lowest BCUT2D eigenvalue weighted by Gasteiger charge is -2.27. The summed E-state index contributed by atoms with van der Waals surface area (Å²) in [5.74, 6) is -1.04. The number of unbranched alkanes of at least 4 members (excludes halogenated alkanes) is 1. The maximum absolute atomic E-state index is 11.5. The average molecular weight is 279 g/mol. The number of aliphatic carboxylic acids is 1. The van der Waals surface area contributed by atoms with Crippen LogP contribution in [0.3, 0.4) is 0 Å². The lowest BCUT2D eigenvalue weighted by molar-refractivity contribution is -0.142. The molecule has 1 aromatic rings. The molecule has 20 heavy (non-hydrogen) atoms. The van der Waals surface area contributed by atoms with Crippen LogP contribution < -0.4 is 11.5 Å². The fourth-order valence-corrected chi connectivity index (χ4v) is 2.02. The minimum atomic E-state index is -1.04. The van der Waals surface area contributed by atoms with E-state index in [1.165, 1.54) is 4.90 Å². The molecule has 0 aliphatic carbocycles. The Morgan fingerprint density at radius 3 is 2.35 bits per heavy atom. The molecule has 0 saturated heterocycles. The van der Waals surface area contributed by atoms with Crippen LogP contribution in [0.15, 0.2) is 30.3 Å². The molecule has 110 valence electrons. The van der Waals surface area contributed by atoms with Gasteiger partial charge in [-0.25, -0.2) is 9.59 Å². The summed E-state index contributed by atoms with van der Waals surface area (Å²) in [6, 6.07) is 7.53. The Balaban J connectivity index is 2.80. The Labute approximate surface area is 118 Å². The van der Waals surface area contributed by atoms with Crippen molar-refractivity contribution in [2.45, 2.75) is 31.8 Å². The number of carboxylic acids is 1. The number of rotatable bonds is 8. The highest BCUT2D eigenvalue weighted by Crippen LogP contribution is 2.13. The van der Waals surface area contributed by atoms with E-state index in [0.29, 0.717) is 19.4 Å². The summed E-state index contributed by atoms with van der Waals surface area (Å²) < 4.78 is 0. The molecule has 0 aromatic heterocycles. The highest BCUT2D eigenvalue weighted by atomic mass is 16.4. The van der Waals surface area contributed by atoms with E-state index < -0.39 is 18.0 Å². The number of nitrogens with two attached hydrogens (primary N) is 2. The summed E-state index contributed by atoms with van der Waals surface area (Å²) in [6.45, 7) is 0.692. The van der Waals surface area contributed by atoms with Gasteiger partial charge in [0.25, 0.3) is 0 Å². The first-order valence-electron chi connectivity index (χ1n) is 6.59. The second-order valence-corrected chi connectivity index (χ2v) is 4.59. The van der Waals surface area contributed by atoms with Crippen LogP contribution in [0, 0.1) is 0 Å². The number of nitrogens with zero attached hydrogens (tertiary/aromatic N) is 1. The van der Waals surface area contributed by atoms with E-state index in [9.17, 15) is 14.7 Å². The summed E-state index contributed by atoms with van der Waals surface area (Å²) in [5, 5.41) is 9.29. The fourth-order valence-electron chi connectivity index (χ4n) is 2.02. The first kappa shape index (κ1) is 16.0. The molecule has 1 atom stereocenters. The predicted octanol–water partition coefficient (Wildman–Crippen LogP) is 1.15. The van der Waals surface area contributed by atoms with Gasteiger partial charge in [0.2, 0.25) is 0 Å². The van der Waals surface area contributed by atoms with Crippen LogP contribution in [-0.2, 0) is 11.3 Å². The number of hydrogen-bond donors (Lipinski definition) is 3. The van der Waals surface area contributed by atoms with Crippen LogP contribution in [-0.4, -0.2) is 34.6 Å². The van der Waals surface area contributed by atoms with Crippen molar-refractivity contribution >= 4 is 12.0 Å². The van der Waals surface area contributed by atoms with E-state index in [4.69, 9.17) is 11.5 Å². The molecule has 0 heterocycles. The molecule has 0 radical (unpaired) electrons. The van der Waals surface area contributed by atoms with Crippen LogP contribution in [0.1, 0.15) is 24.8 Å². The quantitative estimate of drug-likeness (QED) is 0.620. The zero-order chi connectivity index (χ0) is 15.0. The van der Waals surface area contributed by atoms with Gasteiger partial charge in [0, 0.05) is 6.54 Å². The zero-order valence-corrected chi connectivity index (χ0v) is 11.4. The Morgan fingerprint density at radius 2 is 1.85 bits per heavy atom. The molecule has 2 amide bonds. The molecule has 0 saturated carbocycles. The minimum Gasteiger partial charge on any atom is -0.480 e. The molecule has 6 heteroatoms. The van der Waals surface area contributed by atoms with E-state index in [-0.39, 0.29) is 6.54 Å². The monoisotopic (exact) mass is 279 g/mol. The van der Waals surface area contributed by atoms with Gasteiger partial charge < -0.3 is 21.5 Å². The van der Waals surface area contributed by atoms with Gasteiger partial charge in [-0.2, -0.15) is 0 Å². The van der Waals surface area contributed by atoms with Crippen molar-refractivity contribution in [2.75, 3.05) is 6.54 Å². The summed E-state index contributed by atoms with van der Waals surface area (Å²) in [7, 11) is 0. The minimum absolute atomic E-state index is 0.190. The highest BCUT2D eigenvalue weighted by molar-refractivity contribution is 5.81. The van der Waals surface area contributed by atoms with Gasteiger partial charge in [-0.05, 0) is 31.4 Å². The number of primary amides is 1. The summed E-state index contributed by atoms with van der Waals surface area (Å²) in [5.41, 5.74) is 11.6. The number of carbonyl (C=O) groups is 2. The highest BCUT2D eigenvalue weighted by Gasteiger charge is 2.27. The molecule has 0 aliphatic heterocycles. The molecule has 6 nitrogen and oxygen atoms in total. The Morgan fingerprint density at radius 1 is 1.20 bits per heavy atom. The third-order valence-electron chi connectivity index (χ3n) is 3.07. The molecule has 0 aliphatic rings. The second-order valence-electron chi connectivity index (χ2n) is 4.59. The smallest absolute Gasteiger partial charge is 0.326 e. The maximum atomic E-state index is 11.5. The SMILES string of the molecule is NCCCCC(C(=O)O)N(Cc1ccccc1)C(N)=O. The zero-order valence-electron chi connectivity index (χ0n) is 11.4. The largest absolute Gasteiger partial charge is 0.480 e. The number of urea groups is 1. The van der Waals surface area contributed by atoms with Crippen LogP contribution in [0.4, 0.5) is 4.79 Å². The normalized spacial score (nSPS) is 11.8. The van der Waals surface area contributed by atoms with Crippen LogP contribution in [0.5, 0.6) is 0 Å². The Bertz CT molecular complexity index is 437. The first-order valence-corrected chi connectivity index (χ1v) is 6.59. The molecule has 0 spiro atoms. The van der Waals surface area contributed by atoms with E-state index in [1.807, 2.05) is 30.3 Å². The second kappa shape index (κ2) is 8.16. The van der Waals surface area contributed by atoms with Crippen molar-refractivity contribution in [3.8, 4) is 0 Å². The number of carboxylic acid groups (broad SMARTS) is 1. The summed E-state index contributed by atoms with van der Waals surface area (Å²) >= 11 is 0. The van der Waals surface area contributed by atoms with Crippen molar-refractivity contribution in [2.24, 2.45) is 11.5 Å². The van der Waals surface area contributed by atoms with Crippen molar-refractivity contribution in [1.29, 1.82) is 0 Å². The molecule has 1 rings (SSSR count). The van der Waals surface area contributed by atoms with Gasteiger partial charge in [-0.3, -0.25) is 0 Å². The number of hydrogen-bond acceptors (Lipinski definition) is 3. The lowest BCUT2D eigenvalue weighted by atomic mass is 10.1. The standard InChI is InChI=1S/C14H21N3O3/c15-9-5-4-8-12(13(18)19)17(14(16)20)10-11-6-2-1-3-7-11/h1-3,6-7,12H,4-5,8-10,15H2,(H2,16,20)(H,18,19). The van der Waals surface area contributed by atoms with Crippen molar-refractivity contribution in [3.63, 3.8) is 0 Å². The van der Waals surface area contributed by atoms with Gasteiger partial charge in [-0.15, -0.1) is 0 Å². The van der Waals surface area contributed by atoms with E-state index in [1.54, 1.807) is 0 Å². The van der Waals surface area contributed by atoms with Gasteiger partial charge in [0.1, 0.15) is 6.04 Å².